The molecule has 2 heterocycles. The van der Waals surface area contributed by atoms with Crippen molar-refractivity contribution >= 4 is 17.7 Å². The summed E-state index contributed by atoms with van der Waals surface area (Å²) in [4.78, 5) is 48.7. The average Bonchev–Trinajstić information content (AvgIpc) is 3.50. The zero-order chi connectivity index (χ0) is 27.7. The Kier molecular flexibility index (Phi) is 10.0. The van der Waals surface area contributed by atoms with Crippen molar-refractivity contribution in [2.45, 2.75) is 77.2 Å². The molecule has 0 bridgehead atoms. The SMILES string of the molecule is CCC(=O)C1(C2CCCCC2)CCN(C(=O)C(Cc2ccc(OC)cc2)NC(=O)NCCc2cnc[nH]2)CC1. The lowest BCUT2D eigenvalue weighted by molar-refractivity contribution is -0.144. The zero-order valence-corrected chi connectivity index (χ0v) is 23.3. The van der Waals surface area contributed by atoms with Crippen molar-refractivity contribution in [2.75, 3.05) is 26.7 Å². The number of benzene rings is 1. The molecule has 9 heteroatoms. The van der Waals surface area contributed by atoms with E-state index in [1.54, 1.807) is 19.6 Å². The standard InChI is InChI=1S/C30H43N5O4/c1-3-27(36)30(23-7-5-4-6-8-23)14-17-35(18-15-30)28(37)26(19-22-9-11-25(39-2)12-10-22)34-29(38)32-16-13-24-20-31-21-33-24/h9-12,20-21,23,26H,3-8,13-19H2,1-2H3,(H,31,33)(H2,32,34,38). The fourth-order valence-electron chi connectivity index (χ4n) is 6.41. The van der Waals surface area contributed by atoms with Gasteiger partial charge in [0.2, 0.25) is 5.91 Å². The number of amides is 3. The molecule has 1 aliphatic heterocycles. The Morgan fingerprint density at radius 2 is 1.85 bits per heavy atom. The smallest absolute Gasteiger partial charge is 0.315 e. The molecule has 0 radical (unpaired) electrons. The molecule has 39 heavy (non-hydrogen) atoms. The molecule has 1 saturated heterocycles. The lowest BCUT2D eigenvalue weighted by Gasteiger charge is -2.47. The number of carbonyl (C=O) groups excluding carboxylic acids is 3. The Morgan fingerprint density at radius 1 is 1.13 bits per heavy atom. The van der Waals surface area contributed by atoms with E-state index >= 15 is 0 Å². The summed E-state index contributed by atoms with van der Waals surface area (Å²) in [5.74, 6) is 1.41. The predicted molar refractivity (Wildman–Crippen MR) is 149 cm³/mol. The third-order valence-electron chi connectivity index (χ3n) is 8.67. The molecule has 9 nitrogen and oxygen atoms in total. The van der Waals surface area contributed by atoms with E-state index in [1.807, 2.05) is 36.1 Å². The minimum atomic E-state index is -0.713. The highest BCUT2D eigenvalue weighted by molar-refractivity contribution is 5.88. The lowest BCUT2D eigenvalue weighted by atomic mass is 9.61. The molecular formula is C30H43N5O4. The van der Waals surface area contributed by atoms with E-state index < -0.39 is 6.04 Å². The number of piperidine rings is 1. The third-order valence-corrected chi connectivity index (χ3v) is 8.67. The molecule has 212 valence electrons. The van der Waals surface area contributed by atoms with Crippen molar-refractivity contribution in [1.29, 1.82) is 0 Å². The van der Waals surface area contributed by atoms with Crippen LogP contribution in [0.15, 0.2) is 36.8 Å². The minimum absolute atomic E-state index is 0.101. The molecule has 3 N–H and O–H groups in total. The van der Waals surface area contributed by atoms with Crippen LogP contribution in [0.5, 0.6) is 5.75 Å². The number of ketones is 1. The van der Waals surface area contributed by atoms with Crippen LogP contribution in [-0.2, 0) is 22.4 Å². The second-order valence-corrected chi connectivity index (χ2v) is 10.9. The number of aromatic amines is 1. The van der Waals surface area contributed by atoms with E-state index in [-0.39, 0.29) is 17.4 Å². The number of urea groups is 1. The van der Waals surface area contributed by atoms with E-state index in [1.165, 1.54) is 19.3 Å². The van der Waals surface area contributed by atoms with Gasteiger partial charge in [0.1, 0.15) is 17.6 Å². The van der Waals surface area contributed by atoms with Crippen LogP contribution in [0.1, 0.15) is 69.5 Å². The van der Waals surface area contributed by atoms with Gasteiger partial charge in [0.05, 0.1) is 13.4 Å². The van der Waals surface area contributed by atoms with Crippen LogP contribution in [0.3, 0.4) is 0 Å². The van der Waals surface area contributed by atoms with Crippen molar-refractivity contribution in [3.63, 3.8) is 0 Å². The second-order valence-electron chi connectivity index (χ2n) is 10.9. The van der Waals surface area contributed by atoms with Crippen molar-refractivity contribution in [3.8, 4) is 5.75 Å². The fourth-order valence-corrected chi connectivity index (χ4v) is 6.41. The number of hydrogen-bond acceptors (Lipinski definition) is 5. The van der Waals surface area contributed by atoms with Crippen molar-refractivity contribution in [2.24, 2.45) is 11.3 Å². The van der Waals surface area contributed by atoms with Gasteiger partial charge in [-0.3, -0.25) is 9.59 Å². The molecule has 1 aromatic carbocycles. The van der Waals surface area contributed by atoms with Gasteiger partial charge in [0.15, 0.2) is 0 Å². The number of aromatic nitrogens is 2. The first-order valence-corrected chi connectivity index (χ1v) is 14.4. The molecule has 1 aliphatic carbocycles. The quantitative estimate of drug-likeness (QED) is 0.400. The number of nitrogens with one attached hydrogen (secondary N) is 3. The van der Waals surface area contributed by atoms with Gasteiger partial charge >= 0.3 is 6.03 Å². The van der Waals surface area contributed by atoms with Gasteiger partial charge in [-0.2, -0.15) is 0 Å². The molecule has 3 amide bonds. The Balaban J connectivity index is 1.42. The maximum absolute atomic E-state index is 13.8. The second kappa shape index (κ2) is 13.6. The van der Waals surface area contributed by atoms with Gasteiger partial charge in [-0.25, -0.2) is 9.78 Å². The summed E-state index contributed by atoms with van der Waals surface area (Å²) in [6.07, 6.45) is 12.1. The zero-order valence-electron chi connectivity index (χ0n) is 23.3. The number of nitrogens with zero attached hydrogens (tertiary/aromatic N) is 2. The summed E-state index contributed by atoms with van der Waals surface area (Å²) in [7, 11) is 1.61. The van der Waals surface area contributed by atoms with Crippen LogP contribution in [-0.4, -0.2) is 65.4 Å². The number of ether oxygens (including phenoxy) is 1. The molecule has 4 rings (SSSR count). The molecule has 1 aromatic heterocycles. The summed E-state index contributed by atoms with van der Waals surface area (Å²) in [6, 6.07) is 6.46. The summed E-state index contributed by atoms with van der Waals surface area (Å²) >= 11 is 0. The van der Waals surface area contributed by atoms with Gasteiger partial charge < -0.3 is 25.3 Å². The number of carbonyl (C=O) groups is 3. The molecule has 0 spiro atoms. The number of rotatable bonds is 11. The Hall–Kier alpha value is -3.36. The number of imidazole rings is 1. The largest absolute Gasteiger partial charge is 0.497 e. The van der Waals surface area contributed by atoms with E-state index in [0.29, 0.717) is 63.4 Å². The molecule has 1 saturated carbocycles. The van der Waals surface area contributed by atoms with Crippen LogP contribution >= 0.6 is 0 Å². The van der Waals surface area contributed by atoms with Crippen molar-refractivity contribution in [1.82, 2.24) is 25.5 Å². The Labute approximate surface area is 231 Å². The van der Waals surface area contributed by atoms with Crippen LogP contribution in [0, 0.1) is 11.3 Å². The van der Waals surface area contributed by atoms with Crippen LogP contribution in [0.25, 0.3) is 0 Å². The fraction of sp³-hybridized carbons (Fsp3) is 0.600. The van der Waals surface area contributed by atoms with Crippen LogP contribution in [0.2, 0.25) is 0 Å². The molecule has 1 atom stereocenters. The van der Waals surface area contributed by atoms with Gasteiger partial charge in [0.25, 0.3) is 0 Å². The first kappa shape index (κ1) is 28.6. The van der Waals surface area contributed by atoms with Crippen LogP contribution in [0.4, 0.5) is 4.79 Å². The topological polar surface area (TPSA) is 116 Å². The number of hydrogen-bond donors (Lipinski definition) is 3. The van der Waals surface area contributed by atoms with Crippen molar-refractivity contribution < 1.29 is 19.1 Å². The highest BCUT2D eigenvalue weighted by atomic mass is 16.5. The highest BCUT2D eigenvalue weighted by Crippen LogP contribution is 2.47. The first-order valence-electron chi connectivity index (χ1n) is 14.4. The highest BCUT2D eigenvalue weighted by Gasteiger charge is 2.47. The summed E-state index contributed by atoms with van der Waals surface area (Å²) in [5.41, 5.74) is 1.55. The van der Waals surface area contributed by atoms with E-state index in [9.17, 15) is 14.4 Å². The Bertz CT molecular complexity index is 1070. The van der Waals surface area contributed by atoms with E-state index in [0.717, 1.165) is 29.8 Å². The van der Waals surface area contributed by atoms with Gasteiger partial charge in [-0.05, 0) is 49.3 Å². The molecule has 1 unspecified atom stereocenters. The lowest BCUT2D eigenvalue weighted by Crippen LogP contribution is -2.56. The van der Waals surface area contributed by atoms with Gasteiger partial charge in [-0.15, -0.1) is 0 Å². The van der Waals surface area contributed by atoms with Gasteiger partial charge in [0, 0.05) is 56.2 Å². The summed E-state index contributed by atoms with van der Waals surface area (Å²) in [5, 5.41) is 5.78. The third kappa shape index (κ3) is 7.19. The molecule has 2 aliphatic rings. The predicted octanol–water partition coefficient (Wildman–Crippen LogP) is 4.04. The molecule has 2 aromatic rings. The first-order chi connectivity index (χ1) is 18.9. The number of Topliss-reactive ketones (excluding diaryl/α,β-unsaturated/α-hetero) is 1. The number of H-pyrrole nitrogens is 1. The average molecular weight is 538 g/mol. The summed E-state index contributed by atoms with van der Waals surface area (Å²) in [6.45, 7) is 3.47. The van der Waals surface area contributed by atoms with Gasteiger partial charge in [-0.1, -0.05) is 38.3 Å². The Morgan fingerprint density at radius 3 is 2.46 bits per heavy atom. The molecule has 2 fully saturated rings. The van der Waals surface area contributed by atoms with E-state index in [2.05, 4.69) is 20.6 Å². The minimum Gasteiger partial charge on any atom is -0.497 e. The number of likely N-dealkylation sites (tertiary alicyclic amines) is 1. The number of methoxy groups -OCH3 is 1. The van der Waals surface area contributed by atoms with Crippen molar-refractivity contribution in [3.05, 3.63) is 48.0 Å². The molecular weight excluding hydrogens is 494 g/mol. The maximum atomic E-state index is 13.8. The maximum Gasteiger partial charge on any atom is 0.315 e. The van der Waals surface area contributed by atoms with E-state index in [4.69, 9.17) is 4.74 Å². The normalized spacial score (nSPS) is 18.3. The monoisotopic (exact) mass is 537 g/mol. The van der Waals surface area contributed by atoms with Crippen LogP contribution < -0.4 is 15.4 Å². The summed E-state index contributed by atoms with van der Waals surface area (Å²) < 4.78 is 5.26.